The minimum Gasteiger partial charge on any atom is -0.493 e. The standard InChI is InChI=1S/C25H36N4O2.HI/c1-4-13-31-24-16-20(2)5-10-23(24)18-28-25(26-3)27-17-21-6-8-22(9-7-21)19-29-11-14-30-15-12-29;/h5-10,16H,4,11-15,17-19H2,1-3H3,(H2,26,27,28);1H. The summed E-state index contributed by atoms with van der Waals surface area (Å²) in [5, 5.41) is 6.80. The Bertz CT molecular complexity index is 836. The topological polar surface area (TPSA) is 58.1 Å². The first-order valence-electron chi connectivity index (χ1n) is 11.2. The highest BCUT2D eigenvalue weighted by Gasteiger charge is 2.10. The third-order valence-electron chi connectivity index (χ3n) is 5.35. The monoisotopic (exact) mass is 552 g/mol. The van der Waals surface area contributed by atoms with Gasteiger partial charge >= 0.3 is 0 Å². The van der Waals surface area contributed by atoms with Gasteiger partial charge in [-0.15, -0.1) is 24.0 Å². The first-order valence-corrected chi connectivity index (χ1v) is 11.2. The summed E-state index contributed by atoms with van der Waals surface area (Å²) in [5.41, 5.74) is 4.91. The van der Waals surface area contributed by atoms with Crippen LogP contribution in [-0.4, -0.2) is 50.8 Å². The van der Waals surface area contributed by atoms with E-state index < -0.39 is 0 Å². The molecule has 1 heterocycles. The number of ether oxygens (including phenoxy) is 2. The Morgan fingerprint density at radius 2 is 1.72 bits per heavy atom. The van der Waals surface area contributed by atoms with Crippen LogP contribution in [0.1, 0.15) is 35.6 Å². The van der Waals surface area contributed by atoms with E-state index in [2.05, 4.69) is 76.8 Å². The molecule has 3 rings (SSSR count). The maximum atomic E-state index is 5.92. The van der Waals surface area contributed by atoms with Crippen LogP contribution in [0.4, 0.5) is 0 Å². The first kappa shape index (κ1) is 26.4. The van der Waals surface area contributed by atoms with Gasteiger partial charge in [0.1, 0.15) is 5.75 Å². The predicted molar refractivity (Wildman–Crippen MR) is 142 cm³/mol. The third-order valence-corrected chi connectivity index (χ3v) is 5.35. The summed E-state index contributed by atoms with van der Waals surface area (Å²) in [4.78, 5) is 6.79. The van der Waals surface area contributed by atoms with Crippen LogP contribution in [0.2, 0.25) is 0 Å². The van der Waals surface area contributed by atoms with Crippen molar-refractivity contribution in [3.63, 3.8) is 0 Å². The zero-order valence-electron chi connectivity index (χ0n) is 19.5. The van der Waals surface area contributed by atoms with Crippen LogP contribution in [0.15, 0.2) is 47.5 Å². The average molecular weight is 553 g/mol. The van der Waals surface area contributed by atoms with Crippen molar-refractivity contribution in [2.24, 2.45) is 4.99 Å². The molecule has 2 aromatic carbocycles. The van der Waals surface area contributed by atoms with Gasteiger partial charge in [0.05, 0.1) is 19.8 Å². The van der Waals surface area contributed by atoms with E-state index >= 15 is 0 Å². The summed E-state index contributed by atoms with van der Waals surface area (Å²) in [5.74, 6) is 1.72. The molecule has 1 saturated heterocycles. The lowest BCUT2D eigenvalue weighted by Crippen LogP contribution is -2.36. The van der Waals surface area contributed by atoms with Gasteiger partial charge in [-0.2, -0.15) is 0 Å². The Hall–Kier alpha value is -1.84. The van der Waals surface area contributed by atoms with E-state index in [1.165, 1.54) is 16.7 Å². The molecule has 0 aliphatic carbocycles. The maximum Gasteiger partial charge on any atom is 0.191 e. The molecule has 0 atom stereocenters. The van der Waals surface area contributed by atoms with Gasteiger partial charge in [0.2, 0.25) is 0 Å². The zero-order chi connectivity index (χ0) is 21.9. The molecule has 7 heteroatoms. The number of aryl methyl sites for hydroxylation is 1. The van der Waals surface area contributed by atoms with Crippen molar-refractivity contribution >= 4 is 29.9 Å². The van der Waals surface area contributed by atoms with Crippen molar-refractivity contribution in [3.8, 4) is 5.75 Å². The largest absolute Gasteiger partial charge is 0.493 e. The van der Waals surface area contributed by atoms with Crippen molar-refractivity contribution < 1.29 is 9.47 Å². The number of benzene rings is 2. The summed E-state index contributed by atoms with van der Waals surface area (Å²) in [7, 11) is 1.80. The van der Waals surface area contributed by atoms with E-state index in [0.29, 0.717) is 6.54 Å². The molecule has 2 N–H and O–H groups in total. The number of guanidine groups is 1. The van der Waals surface area contributed by atoms with E-state index in [0.717, 1.165) is 69.7 Å². The Balaban J connectivity index is 0.00000363. The van der Waals surface area contributed by atoms with Gasteiger partial charge in [0, 0.05) is 45.3 Å². The fourth-order valence-corrected chi connectivity index (χ4v) is 3.52. The van der Waals surface area contributed by atoms with Gasteiger partial charge in [-0.1, -0.05) is 43.3 Å². The third kappa shape index (κ3) is 8.60. The fraction of sp³-hybridized carbons (Fsp3) is 0.480. The molecule has 0 unspecified atom stereocenters. The molecular formula is C25H37IN4O2. The van der Waals surface area contributed by atoms with Gasteiger partial charge in [-0.3, -0.25) is 9.89 Å². The molecule has 32 heavy (non-hydrogen) atoms. The van der Waals surface area contributed by atoms with Crippen LogP contribution in [0.5, 0.6) is 5.75 Å². The van der Waals surface area contributed by atoms with Gasteiger partial charge in [0.25, 0.3) is 0 Å². The predicted octanol–water partition coefficient (Wildman–Crippen LogP) is 4.10. The second kappa shape index (κ2) is 14.3. The number of nitrogens with zero attached hydrogens (tertiary/aromatic N) is 2. The molecule has 0 amide bonds. The molecule has 0 saturated carbocycles. The molecule has 1 aliphatic heterocycles. The number of halogens is 1. The Labute approximate surface area is 209 Å². The van der Waals surface area contributed by atoms with E-state index in [1.54, 1.807) is 7.05 Å². The fourth-order valence-electron chi connectivity index (χ4n) is 3.52. The van der Waals surface area contributed by atoms with Crippen LogP contribution >= 0.6 is 24.0 Å². The molecule has 6 nitrogen and oxygen atoms in total. The number of nitrogens with one attached hydrogen (secondary N) is 2. The van der Waals surface area contributed by atoms with Crippen molar-refractivity contribution in [1.82, 2.24) is 15.5 Å². The lowest BCUT2D eigenvalue weighted by atomic mass is 10.1. The van der Waals surface area contributed by atoms with Crippen LogP contribution in [-0.2, 0) is 24.4 Å². The maximum absolute atomic E-state index is 5.92. The molecule has 1 fully saturated rings. The summed E-state index contributed by atoms with van der Waals surface area (Å²) < 4.78 is 11.3. The summed E-state index contributed by atoms with van der Waals surface area (Å²) in [6.45, 7) is 11.0. The van der Waals surface area contributed by atoms with E-state index in [4.69, 9.17) is 9.47 Å². The first-order chi connectivity index (χ1) is 15.2. The molecule has 0 radical (unpaired) electrons. The molecule has 0 spiro atoms. The Kier molecular flexibility index (Phi) is 11.8. The number of aliphatic imine (C=N–C) groups is 1. The average Bonchev–Trinajstić information content (AvgIpc) is 2.80. The second-order valence-electron chi connectivity index (χ2n) is 7.94. The number of rotatable bonds is 9. The summed E-state index contributed by atoms with van der Waals surface area (Å²) >= 11 is 0. The Morgan fingerprint density at radius 3 is 2.41 bits per heavy atom. The molecule has 176 valence electrons. The van der Waals surface area contributed by atoms with Crippen LogP contribution in [0, 0.1) is 6.92 Å². The van der Waals surface area contributed by atoms with Crippen molar-refractivity contribution in [3.05, 3.63) is 64.7 Å². The minimum absolute atomic E-state index is 0. The summed E-state index contributed by atoms with van der Waals surface area (Å²) in [6.07, 6.45) is 0.995. The van der Waals surface area contributed by atoms with E-state index in [1.807, 2.05) is 0 Å². The van der Waals surface area contributed by atoms with Crippen molar-refractivity contribution in [2.75, 3.05) is 40.0 Å². The molecule has 0 bridgehead atoms. The normalized spacial score (nSPS) is 14.5. The molecule has 2 aromatic rings. The highest BCUT2D eigenvalue weighted by Crippen LogP contribution is 2.20. The molecule has 0 aromatic heterocycles. The second-order valence-corrected chi connectivity index (χ2v) is 7.94. The van der Waals surface area contributed by atoms with Crippen LogP contribution in [0.25, 0.3) is 0 Å². The van der Waals surface area contributed by atoms with Gasteiger partial charge in [-0.05, 0) is 36.1 Å². The van der Waals surface area contributed by atoms with Gasteiger partial charge in [0.15, 0.2) is 5.96 Å². The van der Waals surface area contributed by atoms with E-state index in [9.17, 15) is 0 Å². The lowest BCUT2D eigenvalue weighted by Gasteiger charge is -2.26. The van der Waals surface area contributed by atoms with Gasteiger partial charge in [-0.25, -0.2) is 0 Å². The van der Waals surface area contributed by atoms with Crippen molar-refractivity contribution in [2.45, 2.75) is 39.9 Å². The minimum atomic E-state index is 0. The lowest BCUT2D eigenvalue weighted by molar-refractivity contribution is 0.0342. The van der Waals surface area contributed by atoms with Crippen LogP contribution < -0.4 is 15.4 Å². The highest BCUT2D eigenvalue weighted by molar-refractivity contribution is 14.0. The van der Waals surface area contributed by atoms with E-state index in [-0.39, 0.29) is 24.0 Å². The molecular weight excluding hydrogens is 515 g/mol. The molecule has 1 aliphatic rings. The highest BCUT2D eigenvalue weighted by atomic mass is 127. The van der Waals surface area contributed by atoms with Crippen LogP contribution in [0.3, 0.4) is 0 Å². The number of hydrogen-bond donors (Lipinski definition) is 2. The number of hydrogen-bond acceptors (Lipinski definition) is 4. The number of morpholine rings is 1. The zero-order valence-corrected chi connectivity index (χ0v) is 21.9. The Morgan fingerprint density at radius 1 is 1.03 bits per heavy atom. The quantitative estimate of drug-likeness (QED) is 0.279. The van der Waals surface area contributed by atoms with Gasteiger partial charge < -0.3 is 20.1 Å². The van der Waals surface area contributed by atoms with Crippen molar-refractivity contribution in [1.29, 1.82) is 0 Å². The summed E-state index contributed by atoms with van der Waals surface area (Å²) in [6, 6.07) is 15.1. The smallest absolute Gasteiger partial charge is 0.191 e. The SMILES string of the molecule is CCCOc1cc(C)ccc1CNC(=NC)NCc1ccc(CN2CCOCC2)cc1.I.